The predicted molar refractivity (Wildman–Crippen MR) is 53.5 cm³/mol. The third kappa shape index (κ3) is 3.73. The first-order valence-electron chi connectivity index (χ1n) is 4.57. The molecule has 0 amide bonds. The molecule has 3 nitrogen and oxygen atoms in total. The lowest BCUT2D eigenvalue weighted by atomic mass is 10.3. The number of nitrogens with zero attached hydrogens (tertiary/aromatic N) is 1. The minimum atomic E-state index is 0. The van der Waals surface area contributed by atoms with Crippen LogP contribution in [0.25, 0.3) is 0 Å². The van der Waals surface area contributed by atoms with Gasteiger partial charge in [-0.25, -0.2) is 0 Å². The van der Waals surface area contributed by atoms with E-state index in [9.17, 15) is 0 Å². The minimum absolute atomic E-state index is 0. The number of hydrogen-bond acceptors (Lipinski definition) is 3. The second-order valence-corrected chi connectivity index (χ2v) is 3.04. The molecule has 0 fully saturated rings. The van der Waals surface area contributed by atoms with Gasteiger partial charge in [-0.05, 0) is 23.8 Å². The fraction of sp³-hybridized carbons (Fsp3) is 0.182. The first kappa shape index (κ1) is 11.8. The Balaban J connectivity index is 0.00000112. The summed E-state index contributed by atoms with van der Waals surface area (Å²) in [4.78, 5) is 4.04. The topological polar surface area (TPSA) is 38.1 Å². The zero-order valence-corrected chi connectivity index (χ0v) is 8.95. The average Bonchev–Trinajstić information content (AvgIpc) is 2.72. The standard InChI is InChI=1S/C11H12N2O.ClH/c1-3-10(7-12-5-1)8-13-9-11-4-2-6-14-11;/h1-7,13H,8-9H2;1H/p-1. The van der Waals surface area contributed by atoms with E-state index in [1.54, 1.807) is 12.5 Å². The van der Waals surface area contributed by atoms with Crippen LogP contribution >= 0.6 is 0 Å². The molecule has 0 aliphatic heterocycles. The molecule has 0 atom stereocenters. The highest BCUT2D eigenvalue weighted by atomic mass is 35.5. The Hall–Kier alpha value is -1.32. The molecule has 0 saturated carbocycles. The maximum absolute atomic E-state index is 5.19. The molecule has 0 saturated heterocycles. The normalized spacial score (nSPS) is 9.60. The van der Waals surface area contributed by atoms with Gasteiger partial charge in [-0.1, -0.05) is 6.07 Å². The van der Waals surface area contributed by atoms with Crippen molar-refractivity contribution in [2.45, 2.75) is 13.1 Å². The SMILES string of the molecule is [Cl-].c1cncc(CNCc2ccco2)c1. The number of rotatable bonds is 4. The van der Waals surface area contributed by atoms with E-state index >= 15 is 0 Å². The van der Waals surface area contributed by atoms with Crippen LogP contribution in [0.1, 0.15) is 11.3 Å². The second kappa shape index (κ2) is 6.22. The lowest BCUT2D eigenvalue weighted by molar-refractivity contribution is -0.00000345. The molecular weight excluding hydrogens is 212 g/mol. The smallest absolute Gasteiger partial charge is 0.117 e. The van der Waals surface area contributed by atoms with Gasteiger partial charge in [-0.2, -0.15) is 0 Å². The first-order valence-corrected chi connectivity index (χ1v) is 4.57. The molecule has 1 N–H and O–H groups in total. The lowest BCUT2D eigenvalue weighted by Gasteiger charge is -2.01. The summed E-state index contributed by atoms with van der Waals surface area (Å²) in [6.07, 6.45) is 5.31. The van der Waals surface area contributed by atoms with Gasteiger partial charge in [0.1, 0.15) is 5.76 Å². The Morgan fingerprint density at radius 2 is 2.13 bits per heavy atom. The van der Waals surface area contributed by atoms with E-state index < -0.39 is 0 Å². The van der Waals surface area contributed by atoms with Gasteiger partial charge in [0.05, 0.1) is 12.8 Å². The van der Waals surface area contributed by atoms with Crippen LogP contribution in [-0.4, -0.2) is 4.98 Å². The Labute approximate surface area is 94.9 Å². The van der Waals surface area contributed by atoms with Crippen LogP contribution in [0.3, 0.4) is 0 Å². The molecule has 0 bridgehead atoms. The molecule has 2 aromatic rings. The van der Waals surface area contributed by atoms with Crippen LogP contribution in [0.4, 0.5) is 0 Å². The van der Waals surface area contributed by atoms with Crippen molar-refractivity contribution < 1.29 is 16.8 Å². The zero-order chi connectivity index (χ0) is 9.64. The number of hydrogen-bond donors (Lipinski definition) is 1. The van der Waals surface area contributed by atoms with Crippen LogP contribution in [0, 0.1) is 0 Å². The van der Waals surface area contributed by atoms with Gasteiger partial charge in [0.15, 0.2) is 0 Å². The molecule has 4 heteroatoms. The average molecular weight is 224 g/mol. The van der Waals surface area contributed by atoms with E-state index in [4.69, 9.17) is 4.42 Å². The Morgan fingerprint density at radius 3 is 2.80 bits per heavy atom. The number of aromatic nitrogens is 1. The molecule has 2 heterocycles. The van der Waals surface area contributed by atoms with Crippen molar-refractivity contribution in [1.82, 2.24) is 10.3 Å². The van der Waals surface area contributed by atoms with Crippen molar-refractivity contribution >= 4 is 0 Å². The Kier molecular flexibility index (Phi) is 4.87. The lowest BCUT2D eigenvalue weighted by Crippen LogP contribution is -3.00. The third-order valence-electron chi connectivity index (χ3n) is 1.93. The fourth-order valence-corrected chi connectivity index (χ4v) is 1.25. The van der Waals surface area contributed by atoms with E-state index in [0.717, 1.165) is 18.8 Å². The van der Waals surface area contributed by atoms with Crippen molar-refractivity contribution in [3.63, 3.8) is 0 Å². The molecule has 2 aromatic heterocycles. The maximum atomic E-state index is 5.19. The van der Waals surface area contributed by atoms with Crippen molar-refractivity contribution in [2.75, 3.05) is 0 Å². The Morgan fingerprint density at radius 1 is 1.20 bits per heavy atom. The van der Waals surface area contributed by atoms with Crippen molar-refractivity contribution in [3.05, 3.63) is 54.2 Å². The highest BCUT2D eigenvalue weighted by Crippen LogP contribution is 2.00. The molecule has 0 radical (unpaired) electrons. The molecule has 2 rings (SSSR count). The van der Waals surface area contributed by atoms with E-state index in [2.05, 4.69) is 10.3 Å². The highest BCUT2D eigenvalue weighted by molar-refractivity contribution is 5.08. The van der Waals surface area contributed by atoms with Gasteiger partial charge < -0.3 is 22.1 Å². The molecule has 0 spiro atoms. The number of pyridine rings is 1. The summed E-state index contributed by atoms with van der Waals surface area (Å²) in [6.45, 7) is 1.57. The van der Waals surface area contributed by atoms with Crippen LogP contribution in [0.15, 0.2) is 47.3 Å². The third-order valence-corrected chi connectivity index (χ3v) is 1.93. The van der Waals surface area contributed by atoms with Gasteiger partial charge in [-0.3, -0.25) is 4.98 Å². The summed E-state index contributed by atoms with van der Waals surface area (Å²) in [7, 11) is 0. The summed E-state index contributed by atoms with van der Waals surface area (Å²) in [5, 5.41) is 3.27. The Bertz CT molecular complexity index is 361. The van der Waals surface area contributed by atoms with E-state index in [0.29, 0.717) is 0 Å². The van der Waals surface area contributed by atoms with Crippen molar-refractivity contribution in [3.8, 4) is 0 Å². The van der Waals surface area contributed by atoms with E-state index in [1.807, 2.05) is 30.5 Å². The van der Waals surface area contributed by atoms with Gasteiger partial charge in [0, 0.05) is 18.9 Å². The van der Waals surface area contributed by atoms with Gasteiger partial charge >= 0.3 is 0 Å². The molecular formula is C11H12ClN2O-. The van der Waals surface area contributed by atoms with Crippen LogP contribution < -0.4 is 17.7 Å². The molecule has 80 valence electrons. The molecule has 0 unspecified atom stereocenters. The zero-order valence-electron chi connectivity index (χ0n) is 8.19. The van der Waals surface area contributed by atoms with Crippen LogP contribution in [0.5, 0.6) is 0 Å². The van der Waals surface area contributed by atoms with Gasteiger partial charge in [-0.15, -0.1) is 0 Å². The largest absolute Gasteiger partial charge is 1.00 e. The number of furan rings is 1. The summed E-state index contributed by atoms with van der Waals surface area (Å²) in [6, 6.07) is 7.82. The van der Waals surface area contributed by atoms with Crippen molar-refractivity contribution in [1.29, 1.82) is 0 Å². The fourth-order valence-electron chi connectivity index (χ4n) is 1.25. The van der Waals surface area contributed by atoms with Crippen LogP contribution in [0.2, 0.25) is 0 Å². The number of nitrogens with one attached hydrogen (secondary N) is 1. The summed E-state index contributed by atoms with van der Waals surface area (Å²) < 4.78 is 5.19. The molecule has 15 heavy (non-hydrogen) atoms. The van der Waals surface area contributed by atoms with Gasteiger partial charge in [0.2, 0.25) is 0 Å². The monoisotopic (exact) mass is 223 g/mol. The highest BCUT2D eigenvalue weighted by Gasteiger charge is 1.95. The predicted octanol–water partition coefficient (Wildman–Crippen LogP) is -1.03. The minimum Gasteiger partial charge on any atom is -1.00 e. The quantitative estimate of drug-likeness (QED) is 0.721. The van der Waals surface area contributed by atoms with Gasteiger partial charge in [0.25, 0.3) is 0 Å². The summed E-state index contributed by atoms with van der Waals surface area (Å²) >= 11 is 0. The van der Waals surface area contributed by atoms with E-state index in [1.165, 1.54) is 5.56 Å². The molecule has 0 aliphatic carbocycles. The molecule has 0 aliphatic rings. The number of halogens is 1. The molecule has 0 aromatic carbocycles. The summed E-state index contributed by atoms with van der Waals surface area (Å²) in [5.41, 5.74) is 1.18. The van der Waals surface area contributed by atoms with E-state index in [-0.39, 0.29) is 12.4 Å². The van der Waals surface area contributed by atoms with Crippen molar-refractivity contribution in [2.24, 2.45) is 0 Å². The maximum Gasteiger partial charge on any atom is 0.117 e. The second-order valence-electron chi connectivity index (χ2n) is 3.04. The first-order chi connectivity index (χ1) is 6.95. The summed E-state index contributed by atoms with van der Waals surface area (Å²) in [5.74, 6) is 0.953. The van der Waals surface area contributed by atoms with Crippen LogP contribution in [-0.2, 0) is 13.1 Å².